The fraction of sp³-hybridized carbons (Fsp3) is 0.261. The van der Waals surface area contributed by atoms with E-state index in [2.05, 4.69) is 84.1 Å². The third-order valence-corrected chi connectivity index (χ3v) is 5.65. The predicted octanol–water partition coefficient (Wildman–Crippen LogP) is 5.17. The average Bonchev–Trinajstić information content (AvgIpc) is 3.37. The van der Waals surface area contributed by atoms with E-state index in [4.69, 9.17) is 4.98 Å². The van der Waals surface area contributed by atoms with Crippen LogP contribution in [0.25, 0.3) is 22.5 Å². The molecule has 0 saturated carbocycles. The van der Waals surface area contributed by atoms with Crippen LogP contribution in [0.5, 0.6) is 0 Å². The molecule has 8 heteroatoms. The summed E-state index contributed by atoms with van der Waals surface area (Å²) in [5.74, 6) is 2.37. The summed E-state index contributed by atoms with van der Waals surface area (Å²) in [5.41, 5.74) is 5.36. The summed E-state index contributed by atoms with van der Waals surface area (Å²) >= 11 is 3.53. The number of rotatable bonds is 9. The Kier molecular flexibility index (Phi) is 6.99. The molecule has 0 aliphatic rings. The molecule has 2 aromatic carbocycles. The number of nitrogens with zero attached hydrogens (tertiary/aromatic N) is 5. The van der Waals surface area contributed by atoms with Crippen LogP contribution in [-0.2, 0) is 18.3 Å². The van der Waals surface area contributed by atoms with Gasteiger partial charge in [-0.2, -0.15) is 5.21 Å². The van der Waals surface area contributed by atoms with Crippen LogP contribution in [-0.4, -0.2) is 30.6 Å². The van der Waals surface area contributed by atoms with E-state index in [1.807, 2.05) is 24.4 Å². The molecule has 0 saturated heterocycles. The highest BCUT2D eigenvalue weighted by molar-refractivity contribution is 9.08. The number of halogens is 1. The highest BCUT2D eigenvalue weighted by atomic mass is 79.9. The van der Waals surface area contributed by atoms with Crippen molar-refractivity contribution in [2.75, 3.05) is 5.32 Å². The van der Waals surface area contributed by atoms with Gasteiger partial charge in [0.15, 0.2) is 0 Å². The summed E-state index contributed by atoms with van der Waals surface area (Å²) in [5, 5.41) is 18.6. The van der Waals surface area contributed by atoms with Gasteiger partial charge in [-0.15, -0.1) is 10.2 Å². The quantitative estimate of drug-likeness (QED) is 0.323. The first kappa shape index (κ1) is 21.1. The van der Waals surface area contributed by atoms with Crippen molar-refractivity contribution in [1.29, 1.82) is 0 Å². The molecule has 0 spiro atoms. The summed E-state index contributed by atoms with van der Waals surface area (Å²) in [6, 6.07) is 16.6. The van der Waals surface area contributed by atoms with E-state index in [0.717, 1.165) is 58.5 Å². The highest BCUT2D eigenvalue weighted by Gasteiger charge is 2.11. The minimum Gasteiger partial charge on any atom is -0.366 e. The lowest BCUT2D eigenvalue weighted by molar-refractivity contribution is 0.750. The number of benzene rings is 2. The molecule has 7 nitrogen and oxygen atoms in total. The number of aryl methyl sites for hydroxylation is 1. The van der Waals surface area contributed by atoms with E-state index in [0.29, 0.717) is 12.4 Å². The Bertz CT molecular complexity index is 1110. The Morgan fingerprint density at radius 1 is 1.03 bits per heavy atom. The monoisotopic (exact) mass is 477 g/mol. The number of H-pyrrole nitrogens is 1. The number of aromatic nitrogens is 6. The number of nitrogens with one attached hydrogen (secondary N) is 2. The number of alkyl halides is 1. The number of tetrazole rings is 1. The normalized spacial score (nSPS) is 10.9. The van der Waals surface area contributed by atoms with Gasteiger partial charge in [0.2, 0.25) is 5.82 Å². The highest BCUT2D eigenvalue weighted by Crippen LogP contribution is 2.29. The zero-order chi connectivity index (χ0) is 21.5. The van der Waals surface area contributed by atoms with Gasteiger partial charge < -0.3 is 5.32 Å². The lowest BCUT2D eigenvalue weighted by atomic mass is 9.98. The fourth-order valence-electron chi connectivity index (χ4n) is 3.34. The summed E-state index contributed by atoms with van der Waals surface area (Å²) in [7, 11) is 0. The zero-order valence-electron chi connectivity index (χ0n) is 17.3. The van der Waals surface area contributed by atoms with Gasteiger partial charge in [0, 0.05) is 35.6 Å². The van der Waals surface area contributed by atoms with Crippen molar-refractivity contribution >= 4 is 21.7 Å². The minimum absolute atomic E-state index is 0.589. The molecular weight excluding hydrogens is 454 g/mol. The maximum Gasteiger partial charge on any atom is 0.205 e. The molecule has 0 fully saturated rings. The van der Waals surface area contributed by atoms with Gasteiger partial charge in [0.25, 0.3) is 0 Å². The Morgan fingerprint density at radius 2 is 1.84 bits per heavy atom. The molecule has 2 aromatic heterocycles. The van der Waals surface area contributed by atoms with Crippen molar-refractivity contribution in [3.8, 4) is 22.5 Å². The van der Waals surface area contributed by atoms with Crippen LogP contribution in [0.15, 0.2) is 54.7 Å². The van der Waals surface area contributed by atoms with Crippen LogP contribution < -0.4 is 5.32 Å². The zero-order valence-corrected chi connectivity index (χ0v) is 18.9. The molecule has 0 aliphatic heterocycles. The number of unbranched alkanes of at least 4 members (excludes halogenated alkanes) is 1. The van der Waals surface area contributed by atoms with Crippen molar-refractivity contribution in [2.24, 2.45) is 0 Å². The lowest BCUT2D eigenvalue weighted by Crippen LogP contribution is -2.07. The Labute approximate surface area is 189 Å². The van der Waals surface area contributed by atoms with Crippen LogP contribution >= 0.6 is 15.9 Å². The van der Waals surface area contributed by atoms with Crippen LogP contribution in [0.1, 0.15) is 36.7 Å². The van der Waals surface area contributed by atoms with Crippen LogP contribution in [0, 0.1) is 0 Å². The summed E-state index contributed by atoms with van der Waals surface area (Å²) in [6.07, 6.45) is 5.05. The second-order valence-corrected chi connectivity index (χ2v) is 7.79. The standard InChI is InChI=1S/C23H24BrN7/c1-2-3-8-21-25-15-18(13-24)22(27-21)26-14-16-9-11-17(12-10-16)19-6-4-5-7-20(19)23-28-30-31-29-23/h4-7,9-12,15H,2-3,8,13-14H2,1H3,(H,25,26,27)(H,28,29,30,31). The SMILES string of the molecule is CCCCc1ncc(CBr)c(NCc2ccc(-c3ccccc3-c3nn[nH]n3)cc2)n1. The van der Waals surface area contributed by atoms with Gasteiger partial charge in [-0.1, -0.05) is 77.8 Å². The maximum absolute atomic E-state index is 4.73. The van der Waals surface area contributed by atoms with Crippen LogP contribution in [0.2, 0.25) is 0 Å². The molecule has 31 heavy (non-hydrogen) atoms. The average molecular weight is 478 g/mol. The van der Waals surface area contributed by atoms with Gasteiger partial charge in [-0.05, 0) is 28.3 Å². The van der Waals surface area contributed by atoms with Crippen molar-refractivity contribution < 1.29 is 0 Å². The molecule has 2 heterocycles. The molecule has 0 aliphatic carbocycles. The Hall–Kier alpha value is -3.13. The molecule has 0 bridgehead atoms. The van der Waals surface area contributed by atoms with Gasteiger partial charge in [0.05, 0.1) is 0 Å². The third kappa shape index (κ3) is 5.14. The maximum atomic E-state index is 4.73. The van der Waals surface area contributed by atoms with Crippen molar-refractivity contribution in [3.05, 3.63) is 71.7 Å². The molecule has 0 atom stereocenters. The molecule has 158 valence electrons. The van der Waals surface area contributed by atoms with Gasteiger partial charge in [-0.3, -0.25) is 0 Å². The Morgan fingerprint density at radius 3 is 2.55 bits per heavy atom. The van der Waals surface area contributed by atoms with E-state index in [-0.39, 0.29) is 0 Å². The van der Waals surface area contributed by atoms with Crippen molar-refractivity contribution in [3.63, 3.8) is 0 Å². The predicted molar refractivity (Wildman–Crippen MR) is 126 cm³/mol. The van der Waals surface area contributed by atoms with E-state index in [1.54, 1.807) is 0 Å². The van der Waals surface area contributed by atoms with Gasteiger partial charge >= 0.3 is 0 Å². The molecule has 0 unspecified atom stereocenters. The topological polar surface area (TPSA) is 92.3 Å². The van der Waals surface area contributed by atoms with Crippen molar-refractivity contribution in [2.45, 2.75) is 38.1 Å². The summed E-state index contributed by atoms with van der Waals surface area (Å²) < 4.78 is 0. The Balaban J connectivity index is 1.49. The van der Waals surface area contributed by atoms with E-state index in [9.17, 15) is 0 Å². The van der Waals surface area contributed by atoms with E-state index < -0.39 is 0 Å². The molecule has 2 N–H and O–H groups in total. The second kappa shape index (κ2) is 10.3. The number of anilines is 1. The summed E-state index contributed by atoms with van der Waals surface area (Å²) in [4.78, 5) is 9.21. The second-order valence-electron chi connectivity index (χ2n) is 7.23. The first-order valence-corrected chi connectivity index (χ1v) is 11.5. The smallest absolute Gasteiger partial charge is 0.205 e. The minimum atomic E-state index is 0.589. The number of aromatic amines is 1. The molecule has 0 amide bonds. The van der Waals surface area contributed by atoms with E-state index >= 15 is 0 Å². The number of hydrogen-bond donors (Lipinski definition) is 2. The van der Waals surface area contributed by atoms with Crippen LogP contribution in [0.3, 0.4) is 0 Å². The first-order valence-electron chi connectivity index (χ1n) is 10.3. The molecule has 4 rings (SSSR count). The number of hydrogen-bond acceptors (Lipinski definition) is 6. The van der Waals surface area contributed by atoms with Gasteiger partial charge in [0.1, 0.15) is 11.6 Å². The van der Waals surface area contributed by atoms with Gasteiger partial charge in [-0.25, -0.2) is 9.97 Å². The van der Waals surface area contributed by atoms with Crippen LogP contribution in [0.4, 0.5) is 5.82 Å². The molecule has 0 radical (unpaired) electrons. The first-order chi connectivity index (χ1) is 15.3. The summed E-state index contributed by atoms with van der Waals surface area (Å²) in [6.45, 7) is 2.87. The lowest BCUT2D eigenvalue weighted by Gasteiger charge is -2.12. The fourth-order valence-corrected chi connectivity index (χ4v) is 3.75. The van der Waals surface area contributed by atoms with E-state index in [1.165, 1.54) is 5.56 Å². The largest absolute Gasteiger partial charge is 0.366 e. The third-order valence-electron chi connectivity index (χ3n) is 5.05. The van der Waals surface area contributed by atoms with Crippen molar-refractivity contribution in [1.82, 2.24) is 30.6 Å². The molecule has 4 aromatic rings. The molecular formula is C23H24BrN7.